The Morgan fingerprint density at radius 2 is 1.12 bits per heavy atom. The molecule has 4 rings (SSSR count). The SMILES string of the molecule is CCCc1nc(C)nc(OCCN(C)c2ccc(C(c3ccc(N(C)C)cc3)c3ccc(N(C)C)cc3)cc2)n1. The minimum Gasteiger partial charge on any atom is -0.461 e. The van der Waals surface area contributed by atoms with Crippen molar-refractivity contribution in [1.29, 1.82) is 0 Å². The van der Waals surface area contributed by atoms with Crippen LogP contribution in [-0.4, -0.2) is 63.3 Å². The highest BCUT2D eigenvalue weighted by Gasteiger charge is 2.18. The van der Waals surface area contributed by atoms with E-state index in [1.54, 1.807) is 0 Å². The van der Waals surface area contributed by atoms with Gasteiger partial charge in [0.2, 0.25) is 0 Å². The second-order valence-corrected chi connectivity index (χ2v) is 10.6. The number of benzene rings is 3. The fourth-order valence-electron chi connectivity index (χ4n) is 4.74. The Balaban J connectivity index is 1.50. The highest BCUT2D eigenvalue weighted by molar-refractivity contribution is 5.55. The summed E-state index contributed by atoms with van der Waals surface area (Å²) in [6.07, 6.45) is 1.82. The lowest BCUT2D eigenvalue weighted by molar-refractivity contribution is 0.296. The normalized spacial score (nSPS) is 11.0. The third kappa shape index (κ3) is 7.29. The molecule has 0 bridgehead atoms. The molecule has 0 atom stereocenters. The number of aromatic nitrogens is 3. The molecule has 0 aliphatic carbocycles. The third-order valence-corrected chi connectivity index (χ3v) is 7.06. The Labute approximate surface area is 239 Å². The number of likely N-dealkylation sites (N-methyl/N-ethyl adjacent to an activating group) is 1. The zero-order chi connectivity index (χ0) is 28.6. The third-order valence-electron chi connectivity index (χ3n) is 7.06. The summed E-state index contributed by atoms with van der Waals surface area (Å²) in [7, 11) is 10.4. The van der Waals surface area contributed by atoms with Gasteiger partial charge >= 0.3 is 6.01 Å². The highest BCUT2D eigenvalue weighted by atomic mass is 16.5. The molecule has 0 amide bonds. The summed E-state index contributed by atoms with van der Waals surface area (Å²) in [5, 5.41) is 0. The fraction of sp³-hybridized carbons (Fsp3) is 0.364. The maximum atomic E-state index is 5.89. The van der Waals surface area contributed by atoms with Crippen LogP contribution < -0.4 is 19.4 Å². The molecular weight excluding hydrogens is 496 g/mol. The Hall–Kier alpha value is -4.13. The van der Waals surface area contributed by atoms with Gasteiger partial charge in [0, 0.05) is 64.6 Å². The van der Waals surface area contributed by atoms with Gasteiger partial charge < -0.3 is 19.4 Å². The molecule has 210 valence electrons. The predicted molar refractivity (Wildman–Crippen MR) is 166 cm³/mol. The molecule has 0 spiro atoms. The van der Waals surface area contributed by atoms with Crippen molar-refractivity contribution in [2.75, 3.05) is 63.1 Å². The standard InChI is InChI=1S/C33H42N6O/c1-8-9-31-34-24(2)35-33(36-31)40-23-22-39(7)30-20-14-27(15-21-30)32(25-10-16-28(17-11-25)37(3)4)26-12-18-29(19-13-26)38(5)6/h10-21,32H,8-9,22-23H2,1-7H3. The molecule has 40 heavy (non-hydrogen) atoms. The lowest BCUT2D eigenvalue weighted by atomic mass is 9.85. The molecule has 0 radical (unpaired) electrons. The maximum Gasteiger partial charge on any atom is 0.319 e. The van der Waals surface area contributed by atoms with Crippen molar-refractivity contribution in [3.8, 4) is 6.01 Å². The summed E-state index contributed by atoms with van der Waals surface area (Å²) < 4.78 is 5.89. The first-order valence-corrected chi connectivity index (χ1v) is 13.9. The smallest absolute Gasteiger partial charge is 0.319 e. The second-order valence-electron chi connectivity index (χ2n) is 10.6. The van der Waals surface area contributed by atoms with Crippen LogP contribution in [0.15, 0.2) is 72.8 Å². The molecule has 7 heteroatoms. The fourth-order valence-corrected chi connectivity index (χ4v) is 4.74. The highest BCUT2D eigenvalue weighted by Crippen LogP contribution is 2.34. The van der Waals surface area contributed by atoms with Crippen molar-refractivity contribution < 1.29 is 4.74 Å². The summed E-state index contributed by atoms with van der Waals surface area (Å²) >= 11 is 0. The first-order valence-electron chi connectivity index (χ1n) is 13.9. The number of hydrogen-bond donors (Lipinski definition) is 0. The number of aryl methyl sites for hydroxylation is 2. The number of hydrogen-bond acceptors (Lipinski definition) is 7. The van der Waals surface area contributed by atoms with Gasteiger partial charge in [0.1, 0.15) is 18.3 Å². The van der Waals surface area contributed by atoms with Crippen molar-refractivity contribution in [2.24, 2.45) is 0 Å². The van der Waals surface area contributed by atoms with Crippen LogP contribution in [0.5, 0.6) is 6.01 Å². The van der Waals surface area contributed by atoms with Crippen LogP contribution >= 0.6 is 0 Å². The van der Waals surface area contributed by atoms with E-state index in [-0.39, 0.29) is 5.92 Å². The van der Waals surface area contributed by atoms with E-state index >= 15 is 0 Å². The zero-order valence-electron chi connectivity index (χ0n) is 24.9. The average Bonchev–Trinajstić information content (AvgIpc) is 2.94. The molecule has 0 aliphatic rings. The lowest BCUT2D eigenvalue weighted by Crippen LogP contribution is -2.24. The first-order chi connectivity index (χ1) is 19.2. The molecule has 7 nitrogen and oxygen atoms in total. The van der Waals surface area contributed by atoms with E-state index in [9.17, 15) is 0 Å². The molecule has 0 saturated heterocycles. The molecular formula is C33H42N6O. The Bertz CT molecular complexity index is 1300. The number of rotatable bonds is 12. The summed E-state index contributed by atoms with van der Waals surface area (Å²) in [5.41, 5.74) is 7.32. The van der Waals surface area contributed by atoms with E-state index in [2.05, 4.69) is 145 Å². The molecule has 0 N–H and O–H groups in total. The number of nitrogens with zero attached hydrogens (tertiary/aromatic N) is 6. The summed E-state index contributed by atoms with van der Waals surface area (Å²) in [6.45, 7) is 5.20. The maximum absolute atomic E-state index is 5.89. The van der Waals surface area contributed by atoms with Gasteiger partial charge in [-0.05, 0) is 66.4 Å². The van der Waals surface area contributed by atoms with Crippen molar-refractivity contribution in [1.82, 2.24) is 15.0 Å². The van der Waals surface area contributed by atoms with Crippen LogP contribution in [0.3, 0.4) is 0 Å². The summed E-state index contributed by atoms with van der Waals surface area (Å²) in [4.78, 5) is 19.6. The van der Waals surface area contributed by atoms with Gasteiger partial charge in [0.15, 0.2) is 0 Å². The van der Waals surface area contributed by atoms with Crippen LogP contribution in [0.2, 0.25) is 0 Å². The van der Waals surface area contributed by atoms with Crippen LogP contribution in [-0.2, 0) is 6.42 Å². The average molecular weight is 539 g/mol. The van der Waals surface area contributed by atoms with E-state index in [0.29, 0.717) is 25.0 Å². The zero-order valence-corrected chi connectivity index (χ0v) is 24.9. The van der Waals surface area contributed by atoms with Gasteiger partial charge in [0.25, 0.3) is 0 Å². The van der Waals surface area contributed by atoms with Gasteiger partial charge in [-0.1, -0.05) is 43.3 Å². The Morgan fingerprint density at radius 1 is 0.650 bits per heavy atom. The van der Waals surface area contributed by atoms with Crippen molar-refractivity contribution >= 4 is 17.1 Å². The lowest BCUT2D eigenvalue weighted by Gasteiger charge is -2.23. The van der Waals surface area contributed by atoms with E-state index in [4.69, 9.17) is 4.74 Å². The molecule has 0 fully saturated rings. The summed E-state index contributed by atoms with van der Waals surface area (Å²) in [6, 6.07) is 27.0. The predicted octanol–water partition coefficient (Wildman–Crippen LogP) is 5.96. The molecule has 1 aromatic heterocycles. The number of anilines is 3. The minimum absolute atomic E-state index is 0.138. The van der Waals surface area contributed by atoms with Crippen LogP contribution in [0.4, 0.5) is 17.1 Å². The molecule has 0 saturated carbocycles. The quantitative estimate of drug-likeness (QED) is 0.206. The van der Waals surface area contributed by atoms with Crippen LogP contribution in [0.25, 0.3) is 0 Å². The molecule has 3 aromatic carbocycles. The van der Waals surface area contributed by atoms with E-state index in [1.165, 1.54) is 28.1 Å². The van der Waals surface area contributed by atoms with E-state index in [0.717, 1.165) is 24.4 Å². The largest absolute Gasteiger partial charge is 0.461 e. The van der Waals surface area contributed by atoms with Crippen molar-refractivity contribution in [2.45, 2.75) is 32.6 Å². The van der Waals surface area contributed by atoms with Gasteiger partial charge in [-0.15, -0.1) is 0 Å². The van der Waals surface area contributed by atoms with Crippen molar-refractivity contribution in [3.05, 3.63) is 101 Å². The minimum atomic E-state index is 0.138. The van der Waals surface area contributed by atoms with Gasteiger partial charge in [-0.3, -0.25) is 0 Å². The molecule has 0 unspecified atom stereocenters. The van der Waals surface area contributed by atoms with Crippen LogP contribution in [0, 0.1) is 6.92 Å². The van der Waals surface area contributed by atoms with Gasteiger partial charge in [-0.25, -0.2) is 4.98 Å². The molecule has 0 aliphatic heterocycles. The van der Waals surface area contributed by atoms with Gasteiger partial charge in [0.05, 0.1) is 6.54 Å². The summed E-state index contributed by atoms with van der Waals surface area (Å²) in [5.74, 6) is 1.62. The Morgan fingerprint density at radius 3 is 1.57 bits per heavy atom. The topological polar surface area (TPSA) is 57.6 Å². The van der Waals surface area contributed by atoms with E-state index in [1.807, 2.05) is 6.92 Å². The molecule has 1 heterocycles. The first kappa shape index (κ1) is 28.9. The number of ether oxygens (including phenoxy) is 1. The monoisotopic (exact) mass is 538 g/mol. The van der Waals surface area contributed by atoms with Gasteiger partial charge in [-0.2, -0.15) is 9.97 Å². The second kappa shape index (κ2) is 13.3. The van der Waals surface area contributed by atoms with Crippen molar-refractivity contribution in [3.63, 3.8) is 0 Å². The molecule has 4 aromatic rings. The Kier molecular flexibility index (Phi) is 9.59. The van der Waals surface area contributed by atoms with Crippen LogP contribution in [0.1, 0.15) is 47.6 Å². The van der Waals surface area contributed by atoms with E-state index < -0.39 is 0 Å².